The molecule has 3 nitrogen and oxygen atoms in total. The first-order valence-corrected chi connectivity index (χ1v) is 6.68. The summed E-state index contributed by atoms with van der Waals surface area (Å²) < 4.78 is 0. The van der Waals surface area contributed by atoms with Crippen LogP contribution in [0.5, 0.6) is 0 Å². The van der Waals surface area contributed by atoms with Crippen LogP contribution < -0.4 is 0 Å². The van der Waals surface area contributed by atoms with Crippen LogP contribution in [0.15, 0.2) is 0 Å². The van der Waals surface area contributed by atoms with Gasteiger partial charge in [0, 0.05) is 19.2 Å². The lowest BCUT2D eigenvalue weighted by Gasteiger charge is -2.31. The number of aliphatic hydroxyl groups excluding tert-OH is 2. The highest BCUT2D eigenvalue weighted by molar-refractivity contribution is 4.66. The lowest BCUT2D eigenvalue weighted by Crippen LogP contribution is -2.41. The van der Waals surface area contributed by atoms with Gasteiger partial charge in [0.05, 0.1) is 0 Å². The average Bonchev–Trinajstić information content (AvgIpc) is 2.24. The number of rotatable bonds is 10. The van der Waals surface area contributed by atoms with Crippen molar-refractivity contribution in [2.45, 2.75) is 71.6 Å². The summed E-state index contributed by atoms with van der Waals surface area (Å²) >= 11 is 0. The van der Waals surface area contributed by atoms with E-state index in [1.54, 1.807) is 0 Å². The molecule has 0 aliphatic rings. The second kappa shape index (κ2) is 10.1. The summed E-state index contributed by atoms with van der Waals surface area (Å²) in [6.45, 7) is 7.68. The number of hydrogen-bond acceptors (Lipinski definition) is 3. The Morgan fingerprint density at radius 2 is 1.75 bits per heavy atom. The van der Waals surface area contributed by atoms with Crippen molar-refractivity contribution < 1.29 is 10.2 Å². The van der Waals surface area contributed by atoms with E-state index in [9.17, 15) is 5.11 Å². The molecule has 0 aliphatic carbocycles. The fourth-order valence-electron chi connectivity index (χ4n) is 1.87. The number of aliphatic hydroxyl groups is 2. The van der Waals surface area contributed by atoms with Gasteiger partial charge in [-0.15, -0.1) is 0 Å². The zero-order valence-electron chi connectivity index (χ0n) is 11.2. The summed E-state index contributed by atoms with van der Waals surface area (Å²) in [5, 5.41) is 18.7. The van der Waals surface area contributed by atoms with E-state index in [1.807, 2.05) is 0 Å². The van der Waals surface area contributed by atoms with Gasteiger partial charge in [-0.05, 0) is 39.5 Å². The van der Waals surface area contributed by atoms with Crippen LogP contribution in [-0.4, -0.2) is 40.5 Å². The van der Waals surface area contributed by atoms with Gasteiger partial charge in [-0.2, -0.15) is 0 Å². The summed E-state index contributed by atoms with van der Waals surface area (Å²) in [7, 11) is 0. The molecule has 0 bridgehead atoms. The van der Waals surface area contributed by atoms with Crippen LogP contribution in [0.2, 0.25) is 0 Å². The van der Waals surface area contributed by atoms with Crippen LogP contribution in [0.1, 0.15) is 59.3 Å². The Kier molecular flexibility index (Phi) is 9.99. The van der Waals surface area contributed by atoms with Crippen LogP contribution in [0.4, 0.5) is 0 Å². The topological polar surface area (TPSA) is 43.7 Å². The maximum absolute atomic E-state index is 10.1. The van der Waals surface area contributed by atoms with Crippen molar-refractivity contribution in [1.82, 2.24) is 4.90 Å². The first kappa shape index (κ1) is 15.9. The Balaban J connectivity index is 3.82. The zero-order chi connectivity index (χ0) is 12.4. The molecular weight excluding hydrogens is 202 g/mol. The molecule has 0 aromatic rings. The zero-order valence-corrected chi connectivity index (χ0v) is 11.2. The molecular formula is C13H29NO2. The Morgan fingerprint density at radius 3 is 2.25 bits per heavy atom. The molecule has 3 heteroatoms. The minimum absolute atomic E-state index is 0.264. The molecule has 0 fully saturated rings. The molecule has 98 valence electrons. The number of unbranched alkanes of at least 4 members (excludes halogenated alkanes) is 3. The molecule has 0 aromatic heterocycles. The van der Waals surface area contributed by atoms with E-state index in [2.05, 4.69) is 25.7 Å². The molecule has 0 rings (SSSR count). The maximum Gasteiger partial charge on any atom is 0.107 e. The van der Waals surface area contributed by atoms with E-state index < -0.39 is 0 Å². The van der Waals surface area contributed by atoms with Crippen LogP contribution >= 0.6 is 0 Å². The molecule has 0 aliphatic heterocycles. The van der Waals surface area contributed by atoms with Crippen molar-refractivity contribution in [1.29, 1.82) is 0 Å². The van der Waals surface area contributed by atoms with Gasteiger partial charge >= 0.3 is 0 Å². The van der Waals surface area contributed by atoms with E-state index >= 15 is 0 Å². The largest absolute Gasteiger partial charge is 0.396 e. The summed E-state index contributed by atoms with van der Waals surface area (Å²) in [6.07, 6.45) is 5.67. The van der Waals surface area contributed by atoms with Crippen molar-refractivity contribution in [2.24, 2.45) is 0 Å². The van der Waals surface area contributed by atoms with E-state index in [1.165, 1.54) is 6.42 Å². The average molecular weight is 231 g/mol. The van der Waals surface area contributed by atoms with Gasteiger partial charge in [0.2, 0.25) is 0 Å². The van der Waals surface area contributed by atoms with E-state index in [-0.39, 0.29) is 12.8 Å². The Labute approximate surface area is 100 Å². The minimum atomic E-state index is -0.315. The molecule has 0 saturated carbocycles. The third kappa shape index (κ3) is 7.20. The van der Waals surface area contributed by atoms with Crippen LogP contribution in [0.25, 0.3) is 0 Å². The highest BCUT2D eigenvalue weighted by Crippen LogP contribution is 2.12. The standard InChI is InChI=1S/C13H29NO2/c1-4-5-10-14(12(2)3)13(16)9-7-6-8-11-15/h12-13,15-16H,4-11H2,1-3H3. The van der Waals surface area contributed by atoms with Crippen molar-refractivity contribution in [3.05, 3.63) is 0 Å². The molecule has 0 saturated heterocycles. The molecule has 1 atom stereocenters. The highest BCUT2D eigenvalue weighted by atomic mass is 16.3. The fourth-order valence-corrected chi connectivity index (χ4v) is 1.87. The molecule has 0 heterocycles. The second-order valence-corrected chi connectivity index (χ2v) is 4.74. The van der Waals surface area contributed by atoms with Gasteiger partial charge in [0.15, 0.2) is 0 Å². The van der Waals surface area contributed by atoms with Gasteiger partial charge in [-0.1, -0.05) is 19.8 Å². The van der Waals surface area contributed by atoms with Crippen molar-refractivity contribution in [3.8, 4) is 0 Å². The van der Waals surface area contributed by atoms with Gasteiger partial charge in [0.25, 0.3) is 0 Å². The molecule has 1 unspecified atom stereocenters. The van der Waals surface area contributed by atoms with Gasteiger partial charge in [0.1, 0.15) is 6.23 Å². The third-order valence-electron chi connectivity index (χ3n) is 2.94. The lowest BCUT2D eigenvalue weighted by atomic mass is 10.1. The SMILES string of the molecule is CCCCN(C(C)C)C(O)CCCCCO. The van der Waals surface area contributed by atoms with Gasteiger partial charge < -0.3 is 10.2 Å². The fraction of sp³-hybridized carbons (Fsp3) is 1.00. The van der Waals surface area contributed by atoms with Crippen molar-refractivity contribution >= 4 is 0 Å². The monoisotopic (exact) mass is 231 g/mol. The lowest BCUT2D eigenvalue weighted by molar-refractivity contribution is -0.0242. The molecule has 0 radical (unpaired) electrons. The summed E-state index contributed by atoms with van der Waals surface area (Å²) in [6, 6.07) is 0.402. The van der Waals surface area contributed by atoms with Gasteiger partial charge in [-0.3, -0.25) is 4.90 Å². The third-order valence-corrected chi connectivity index (χ3v) is 2.94. The molecule has 16 heavy (non-hydrogen) atoms. The normalized spacial score (nSPS) is 13.7. The summed E-state index contributed by atoms with van der Waals surface area (Å²) in [5.74, 6) is 0. The smallest absolute Gasteiger partial charge is 0.107 e. The Bertz CT molecular complexity index is 151. The van der Waals surface area contributed by atoms with Gasteiger partial charge in [-0.25, -0.2) is 0 Å². The van der Waals surface area contributed by atoms with E-state index in [0.717, 1.165) is 38.6 Å². The highest BCUT2D eigenvalue weighted by Gasteiger charge is 2.17. The van der Waals surface area contributed by atoms with Crippen LogP contribution in [0.3, 0.4) is 0 Å². The first-order valence-electron chi connectivity index (χ1n) is 6.68. The molecule has 0 spiro atoms. The molecule has 0 aromatic carbocycles. The second-order valence-electron chi connectivity index (χ2n) is 4.74. The van der Waals surface area contributed by atoms with Crippen molar-refractivity contribution in [3.63, 3.8) is 0 Å². The molecule has 0 amide bonds. The quantitative estimate of drug-likeness (QED) is 0.448. The summed E-state index contributed by atoms with van der Waals surface area (Å²) in [4.78, 5) is 2.17. The van der Waals surface area contributed by atoms with Crippen LogP contribution in [-0.2, 0) is 0 Å². The van der Waals surface area contributed by atoms with E-state index in [4.69, 9.17) is 5.11 Å². The predicted molar refractivity (Wildman–Crippen MR) is 68.3 cm³/mol. The maximum atomic E-state index is 10.1. The van der Waals surface area contributed by atoms with Crippen molar-refractivity contribution in [2.75, 3.05) is 13.2 Å². The Morgan fingerprint density at radius 1 is 1.06 bits per heavy atom. The van der Waals surface area contributed by atoms with E-state index in [0.29, 0.717) is 6.04 Å². The first-order chi connectivity index (χ1) is 7.63. The predicted octanol–water partition coefficient (Wildman–Crippen LogP) is 2.37. The summed E-state index contributed by atoms with van der Waals surface area (Å²) in [5.41, 5.74) is 0. The minimum Gasteiger partial charge on any atom is -0.396 e. The number of nitrogens with zero attached hydrogens (tertiary/aromatic N) is 1. The van der Waals surface area contributed by atoms with Crippen LogP contribution in [0, 0.1) is 0 Å². The Hall–Kier alpha value is -0.120. The molecule has 2 N–H and O–H groups in total. The number of hydrogen-bond donors (Lipinski definition) is 2.